The van der Waals surface area contributed by atoms with Crippen molar-refractivity contribution in [3.8, 4) is 0 Å². The molecular formula is C10H20N8. The molecule has 0 bridgehead atoms. The molecule has 18 heavy (non-hydrogen) atoms. The number of piperazine rings is 1. The Labute approximate surface area is 106 Å². The van der Waals surface area contributed by atoms with Gasteiger partial charge >= 0.3 is 0 Å². The van der Waals surface area contributed by atoms with Crippen molar-refractivity contribution in [1.82, 2.24) is 16.0 Å². The number of aliphatic imine (C=N–C) groups is 1. The Kier molecular flexibility index (Phi) is 4.62. The van der Waals surface area contributed by atoms with Gasteiger partial charge in [0, 0.05) is 32.4 Å². The summed E-state index contributed by atoms with van der Waals surface area (Å²) in [6.45, 7) is 3.87. The summed E-state index contributed by atoms with van der Waals surface area (Å²) < 4.78 is 0. The van der Waals surface area contributed by atoms with Crippen LogP contribution in [0.5, 0.6) is 0 Å². The number of amidine groups is 2. The van der Waals surface area contributed by atoms with Gasteiger partial charge < -0.3 is 27.4 Å². The highest BCUT2D eigenvalue weighted by Gasteiger charge is 2.17. The highest BCUT2D eigenvalue weighted by molar-refractivity contribution is 5.90. The van der Waals surface area contributed by atoms with Gasteiger partial charge in [-0.05, 0) is 0 Å². The van der Waals surface area contributed by atoms with Crippen LogP contribution in [0, 0.1) is 0 Å². The van der Waals surface area contributed by atoms with Crippen LogP contribution < -0.4 is 27.4 Å². The van der Waals surface area contributed by atoms with Gasteiger partial charge in [-0.15, -0.1) is 10.2 Å². The second-order valence-corrected chi connectivity index (χ2v) is 4.27. The largest absolute Gasteiger partial charge is 0.384 e. The molecule has 0 aliphatic carbocycles. The molecule has 0 spiro atoms. The predicted molar refractivity (Wildman–Crippen MR) is 73.1 cm³/mol. The molecule has 2 atom stereocenters. The van der Waals surface area contributed by atoms with E-state index in [1.807, 2.05) is 6.21 Å². The number of hydrogen-bond donors (Lipinski definition) is 5. The minimum atomic E-state index is -0.0519. The van der Waals surface area contributed by atoms with E-state index in [9.17, 15) is 0 Å². The highest BCUT2D eigenvalue weighted by atomic mass is 15.3. The minimum absolute atomic E-state index is 0.0210. The number of nitrogens with zero attached hydrogens (tertiary/aromatic N) is 3. The van der Waals surface area contributed by atoms with E-state index in [0.717, 1.165) is 19.6 Å². The lowest BCUT2D eigenvalue weighted by atomic mass is 10.2. The smallest absolute Gasteiger partial charge is 0.141 e. The van der Waals surface area contributed by atoms with E-state index in [-0.39, 0.29) is 12.1 Å². The normalized spacial score (nSPS) is 30.4. The lowest BCUT2D eigenvalue weighted by molar-refractivity contribution is 0.485. The van der Waals surface area contributed by atoms with E-state index < -0.39 is 0 Å². The van der Waals surface area contributed by atoms with Crippen LogP contribution in [-0.4, -0.2) is 62.7 Å². The summed E-state index contributed by atoms with van der Waals surface area (Å²) in [6, 6.07) is -0.0309. The molecule has 7 N–H and O–H groups in total. The second-order valence-electron chi connectivity index (χ2n) is 4.27. The van der Waals surface area contributed by atoms with Crippen molar-refractivity contribution >= 4 is 17.9 Å². The maximum absolute atomic E-state index is 5.86. The van der Waals surface area contributed by atoms with Crippen LogP contribution in [0.2, 0.25) is 0 Å². The van der Waals surface area contributed by atoms with Crippen molar-refractivity contribution in [2.75, 3.05) is 32.7 Å². The standard InChI is InChI=1S/C10H20N8/c11-9(7-5-13-1-3-15-7)17-18-10(12)8-6-14-2-4-16-8/h1,7-8,14-16H,2-6H2,(H2,11,17)(H2,12,18). The number of nitrogens with two attached hydrogens (primary N) is 2. The van der Waals surface area contributed by atoms with Crippen LogP contribution >= 0.6 is 0 Å². The molecule has 0 saturated carbocycles. The summed E-state index contributed by atoms with van der Waals surface area (Å²) >= 11 is 0. The van der Waals surface area contributed by atoms with Crippen LogP contribution in [0.25, 0.3) is 0 Å². The molecule has 0 aromatic heterocycles. The number of rotatable bonds is 3. The summed E-state index contributed by atoms with van der Waals surface area (Å²) in [5, 5.41) is 17.6. The molecule has 0 aromatic rings. The van der Waals surface area contributed by atoms with E-state index in [0.29, 0.717) is 24.8 Å². The first-order chi connectivity index (χ1) is 8.77. The SMILES string of the molecule is NC(=NN=C(N)C1CNCCN1)C1CN=CCN1. The zero-order chi connectivity index (χ0) is 12.8. The molecule has 2 aliphatic rings. The lowest BCUT2D eigenvalue weighted by Crippen LogP contribution is -2.54. The molecule has 2 unspecified atom stereocenters. The van der Waals surface area contributed by atoms with Gasteiger partial charge in [0.05, 0.1) is 18.6 Å². The summed E-state index contributed by atoms with van der Waals surface area (Å²) in [5.41, 5.74) is 11.7. The maximum Gasteiger partial charge on any atom is 0.141 e. The van der Waals surface area contributed by atoms with Crippen molar-refractivity contribution < 1.29 is 0 Å². The predicted octanol–water partition coefficient (Wildman–Crippen LogP) is -2.78. The van der Waals surface area contributed by atoms with Crippen molar-refractivity contribution in [2.24, 2.45) is 26.7 Å². The molecule has 8 nitrogen and oxygen atoms in total. The van der Waals surface area contributed by atoms with Crippen LogP contribution in [0.15, 0.2) is 15.2 Å². The van der Waals surface area contributed by atoms with Gasteiger partial charge in [-0.25, -0.2) is 0 Å². The first kappa shape index (κ1) is 12.9. The summed E-state index contributed by atoms with van der Waals surface area (Å²) in [6.07, 6.45) is 1.82. The Morgan fingerprint density at radius 2 is 1.89 bits per heavy atom. The molecule has 1 saturated heterocycles. The molecular weight excluding hydrogens is 232 g/mol. The Morgan fingerprint density at radius 1 is 1.11 bits per heavy atom. The average molecular weight is 252 g/mol. The third-order valence-electron chi connectivity index (χ3n) is 2.91. The first-order valence-electron chi connectivity index (χ1n) is 6.09. The lowest BCUT2D eigenvalue weighted by Gasteiger charge is -2.23. The Hall–Kier alpha value is -1.51. The van der Waals surface area contributed by atoms with E-state index >= 15 is 0 Å². The van der Waals surface area contributed by atoms with E-state index in [1.165, 1.54) is 0 Å². The quantitative estimate of drug-likeness (QED) is 0.211. The van der Waals surface area contributed by atoms with Crippen LogP contribution in [-0.2, 0) is 0 Å². The Bertz CT molecular complexity index is 355. The van der Waals surface area contributed by atoms with Gasteiger partial charge in [-0.2, -0.15) is 0 Å². The monoisotopic (exact) mass is 252 g/mol. The van der Waals surface area contributed by atoms with Gasteiger partial charge in [0.1, 0.15) is 11.7 Å². The first-order valence-corrected chi connectivity index (χ1v) is 6.09. The molecule has 2 aliphatic heterocycles. The molecule has 1 fully saturated rings. The van der Waals surface area contributed by atoms with Gasteiger partial charge in [-0.1, -0.05) is 0 Å². The highest BCUT2D eigenvalue weighted by Crippen LogP contribution is 1.93. The fourth-order valence-corrected chi connectivity index (χ4v) is 1.82. The molecule has 2 rings (SSSR count). The van der Waals surface area contributed by atoms with Gasteiger partial charge in [0.25, 0.3) is 0 Å². The summed E-state index contributed by atoms with van der Waals surface area (Å²) in [7, 11) is 0. The van der Waals surface area contributed by atoms with Crippen molar-refractivity contribution in [2.45, 2.75) is 12.1 Å². The Balaban J connectivity index is 1.92. The molecule has 0 amide bonds. The van der Waals surface area contributed by atoms with Crippen molar-refractivity contribution in [3.63, 3.8) is 0 Å². The topological polar surface area (TPSA) is 125 Å². The van der Waals surface area contributed by atoms with E-state index in [4.69, 9.17) is 11.5 Å². The number of nitrogens with one attached hydrogen (secondary N) is 3. The summed E-state index contributed by atoms with van der Waals surface area (Å²) in [5.74, 6) is 0.864. The van der Waals surface area contributed by atoms with E-state index in [2.05, 4.69) is 31.1 Å². The Morgan fingerprint density at radius 3 is 2.50 bits per heavy atom. The molecule has 0 radical (unpaired) electrons. The summed E-state index contributed by atoms with van der Waals surface area (Å²) in [4.78, 5) is 4.15. The third kappa shape index (κ3) is 3.49. The zero-order valence-corrected chi connectivity index (χ0v) is 10.3. The number of hydrogen-bond acceptors (Lipinski definition) is 6. The second kappa shape index (κ2) is 6.43. The van der Waals surface area contributed by atoms with Gasteiger partial charge in [0.2, 0.25) is 0 Å². The molecule has 0 aromatic carbocycles. The zero-order valence-electron chi connectivity index (χ0n) is 10.3. The maximum atomic E-state index is 5.86. The van der Waals surface area contributed by atoms with Crippen LogP contribution in [0.3, 0.4) is 0 Å². The van der Waals surface area contributed by atoms with Crippen molar-refractivity contribution in [1.29, 1.82) is 0 Å². The fourth-order valence-electron chi connectivity index (χ4n) is 1.82. The van der Waals surface area contributed by atoms with Crippen molar-refractivity contribution in [3.05, 3.63) is 0 Å². The molecule has 100 valence electrons. The van der Waals surface area contributed by atoms with Crippen LogP contribution in [0.1, 0.15) is 0 Å². The fraction of sp³-hybridized carbons (Fsp3) is 0.700. The van der Waals surface area contributed by atoms with Gasteiger partial charge in [-0.3, -0.25) is 4.99 Å². The van der Waals surface area contributed by atoms with Gasteiger partial charge in [0.15, 0.2) is 0 Å². The molecule has 2 heterocycles. The minimum Gasteiger partial charge on any atom is -0.384 e. The third-order valence-corrected chi connectivity index (χ3v) is 2.91. The van der Waals surface area contributed by atoms with Crippen LogP contribution in [0.4, 0.5) is 0 Å². The van der Waals surface area contributed by atoms with E-state index in [1.54, 1.807) is 0 Å². The average Bonchev–Trinajstić information content (AvgIpc) is 2.46. The molecule has 8 heteroatoms.